The molecule has 0 aliphatic heterocycles. The summed E-state index contributed by atoms with van der Waals surface area (Å²) in [7, 11) is 0. The average Bonchev–Trinajstić information content (AvgIpc) is 3.45. The van der Waals surface area contributed by atoms with Gasteiger partial charge in [-0.3, -0.25) is 9.36 Å². The third-order valence-corrected chi connectivity index (χ3v) is 8.54. The molecule has 0 saturated heterocycles. The van der Waals surface area contributed by atoms with E-state index in [-0.39, 0.29) is 40.8 Å². The largest absolute Gasteiger partial charge is 0.266 e. The van der Waals surface area contributed by atoms with E-state index in [9.17, 15) is 0 Å². The van der Waals surface area contributed by atoms with Crippen LogP contribution in [0.5, 0.6) is 0 Å². The summed E-state index contributed by atoms with van der Waals surface area (Å²) in [5, 5.41) is 9.81. The molecule has 0 atom stereocenters. The molecule has 0 radical (unpaired) electrons. The van der Waals surface area contributed by atoms with Crippen LogP contribution in [0.25, 0.3) is 22.3 Å². The molecule has 4 aromatic rings. The third-order valence-electron chi connectivity index (χ3n) is 8.54. The number of benzene rings is 2. The third kappa shape index (κ3) is 9.86. The molecular weight excluding hydrogens is 749 g/mol. The van der Waals surface area contributed by atoms with Gasteiger partial charge in [-0.2, -0.15) is 10.2 Å². The van der Waals surface area contributed by atoms with Crippen LogP contribution in [0.1, 0.15) is 137 Å². The van der Waals surface area contributed by atoms with E-state index in [4.69, 9.17) is 10.2 Å². The van der Waals surface area contributed by atoms with Crippen molar-refractivity contribution >= 4 is 0 Å². The van der Waals surface area contributed by atoms with Gasteiger partial charge in [-0.25, -0.2) is 0 Å². The van der Waals surface area contributed by atoms with Crippen molar-refractivity contribution in [2.24, 2.45) is 5.92 Å². The number of aromatic nitrogens is 4. The molecule has 2 aromatic carbocycles. The van der Waals surface area contributed by atoms with Crippen LogP contribution >= 0.6 is 0 Å². The van der Waals surface area contributed by atoms with Gasteiger partial charge in [-0.05, 0) is 122 Å². The van der Waals surface area contributed by atoms with Crippen LogP contribution in [0, 0.1) is 47.5 Å². The molecule has 260 valence electrons. The Morgan fingerprint density at radius 3 is 1.57 bits per heavy atom. The fraction of sp³-hybridized carbons (Fsp3) is 0.550. The summed E-state index contributed by atoms with van der Waals surface area (Å²) in [6.45, 7) is 33.3. The number of rotatable bonds is 9. The molecule has 0 spiro atoms. The van der Waals surface area contributed by atoms with Gasteiger partial charge < -0.3 is 0 Å². The molecule has 6 heteroatoms. The second-order valence-electron chi connectivity index (χ2n) is 14.3. The van der Waals surface area contributed by atoms with E-state index >= 15 is 0 Å². The maximum absolute atomic E-state index is 4.97. The van der Waals surface area contributed by atoms with Crippen LogP contribution in [-0.2, 0) is 53.7 Å². The van der Waals surface area contributed by atoms with Gasteiger partial charge in [0.1, 0.15) is 0 Å². The van der Waals surface area contributed by atoms with Gasteiger partial charge in [-0.15, -0.1) is 0 Å². The van der Waals surface area contributed by atoms with Gasteiger partial charge in [0.2, 0.25) is 0 Å². The Balaban J connectivity index is 0.000000441. The van der Waals surface area contributed by atoms with Crippen LogP contribution in [0.4, 0.5) is 0 Å². The molecule has 4 rings (SSSR count). The molecule has 0 unspecified atom stereocenters. The minimum Gasteiger partial charge on any atom is -0.266 e. The van der Waals surface area contributed by atoms with Gasteiger partial charge in [0.15, 0.2) is 0 Å². The molecule has 0 aliphatic rings. The van der Waals surface area contributed by atoms with Crippen molar-refractivity contribution in [3.05, 3.63) is 80.9 Å². The van der Waals surface area contributed by atoms with Crippen LogP contribution in [-0.4, -0.2) is 19.6 Å². The maximum atomic E-state index is 4.97. The number of nitrogens with zero attached hydrogens (tertiary/aromatic N) is 4. The Kier molecular flexibility index (Phi) is 16.6. The van der Waals surface area contributed by atoms with E-state index in [1.807, 2.05) is 0 Å². The van der Waals surface area contributed by atoms with Crippen LogP contribution in [0.2, 0.25) is 0 Å². The maximum Gasteiger partial charge on any atom is 0.0706 e. The topological polar surface area (TPSA) is 35.6 Å². The zero-order valence-electron chi connectivity index (χ0n) is 31.2. The predicted molar refractivity (Wildman–Crippen MR) is 191 cm³/mol. The molecule has 4 nitrogen and oxygen atoms in total. The summed E-state index contributed by atoms with van der Waals surface area (Å²) in [5.74, 6) is 1.09. The van der Waals surface area contributed by atoms with Crippen LogP contribution in [0.15, 0.2) is 30.3 Å². The Bertz CT molecular complexity index is 1530. The monoisotopic (exact) mass is 808 g/mol. The van der Waals surface area contributed by atoms with Gasteiger partial charge in [-0.1, -0.05) is 82.5 Å². The molecule has 0 N–H and O–H groups in total. The Morgan fingerprint density at radius 2 is 1.13 bits per heavy atom. The fourth-order valence-corrected chi connectivity index (χ4v) is 6.45. The second kappa shape index (κ2) is 18.1. The summed E-state index contributed by atoms with van der Waals surface area (Å²) < 4.78 is 4.46. The average molecular weight is 810 g/mol. The van der Waals surface area contributed by atoms with Crippen LogP contribution in [0.3, 0.4) is 0 Å². The van der Waals surface area contributed by atoms with E-state index < -0.39 is 0 Å². The zero-order chi connectivity index (χ0) is 33.0. The Morgan fingerprint density at radius 1 is 0.630 bits per heavy atom. The van der Waals surface area contributed by atoms with Crippen molar-refractivity contribution in [3.8, 4) is 22.3 Å². The second-order valence-corrected chi connectivity index (χ2v) is 14.3. The summed E-state index contributed by atoms with van der Waals surface area (Å²) >= 11 is 0. The van der Waals surface area contributed by atoms with Crippen LogP contribution < -0.4 is 0 Å². The first-order valence-electron chi connectivity index (χ1n) is 16.9. The smallest absolute Gasteiger partial charge is 0.0706 e. The quantitative estimate of drug-likeness (QED) is 0.158. The molecular formula is C40H60N4Pd2. The standard InChI is InChI=1S/2C20H30N2.2Pd/c1-12(2)9-19-20(17(8)21-22(19)13(3)4)18-10-14(5)16(7)15(6)11-18;1-8-9-18-19(17-11-15(6)10-16(7)12-17)20(13(2)3)22(21-18)14(4)5;;/h10-13H,9H2,1-8H3;10-14H,8-9H2,1-7H3;;. The van der Waals surface area contributed by atoms with Gasteiger partial charge >= 0.3 is 0 Å². The number of aryl methyl sites for hydroxylation is 6. The van der Waals surface area contributed by atoms with Gasteiger partial charge in [0.25, 0.3) is 0 Å². The Hall–Kier alpha value is -1.82. The van der Waals surface area contributed by atoms with Crippen molar-refractivity contribution in [2.45, 2.75) is 141 Å². The van der Waals surface area contributed by atoms with Crippen molar-refractivity contribution < 1.29 is 40.8 Å². The molecule has 46 heavy (non-hydrogen) atoms. The van der Waals surface area contributed by atoms with Crippen molar-refractivity contribution in [1.29, 1.82) is 0 Å². The molecule has 0 saturated carbocycles. The first kappa shape index (κ1) is 42.2. The number of hydrogen-bond donors (Lipinski definition) is 0. The summed E-state index contributed by atoms with van der Waals surface area (Å²) in [4.78, 5) is 0. The molecule has 0 aliphatic carbocycles. The fourth-order valence-electron chi connectivity index (χ4n) is 6.45. The SMILES string of the molecule is CCCc1nn(C(C)C)c(C(C)C)c1-c1cc(C)cc(C)c1.Cc1cc(-c2c(C)nn(C(C)C)c2CC(C)C)cc(C)c1C.[Pd].[Pd]. The first-order chi connectivity index (χ1) is 20.6. The van der Waals surface area contributed by atoms with Gasteiger partial charge in [0, 0.05) is 75.4 Å². The van der Waals surface area contributed by atoms with Gasteiger partial charge in [0.05, 0.1) is 11.4 Å². The summed E-state index contributed by atoms with van der Waals surface area (Å²) in [6, 6.07) is 12.3. The zero-order valence-corrected chi connectivity index (χ0v) is 34.3. The molecule has 0 amide bonds. The van der Waals surface area contributed by atoms with E-state index in [1.165, 1.54) is 67.2 Å². The minimum absolute atomic E-state index is 0. The van der Waals surface area contributed by atoms with E-state index in [0.717, 1.165) is 25.0 Å². The summed E-state index contributed by atoms with van der Waals surface area (Å²) in [5.41, 5.74) is 17.3. The molecule has 0 fully saturated rings. The first-order valence-corrected chi connectivity index (χ1v) is 16.9. The van der Waals surface area contributed by atoms with E-state index in [2.05, 4.69) is 144 Å². The predicted octanol–water partition coefficient (Wildman–Crippen LogP) is 11.4. The summed E-state index contributed by atoms with van der Waals surface area (Å²) in [6.07, 6.45) is 3.24. The number of hydrogen-bond acceptors (Lipinski definition) is 2. The van der Waals surface area contributed by atoms with Crippen molar-refractivity contribution in [1.82, 2.24) is 19.6 Å². The van der Waals surface area contributed by atoms with E-state index in [0.29, 0.717) is 23.9 Å². The Labute approximate surface area is 308 Å². The van der Waals surface area contributed by atoms with Crippen molar-refractivity contribution in [2.75, 3.05) is 0 Å². The van der Waals surface area contributed by atoms with Crippen molar-refractivity contribution in [3.63, 3.8) is 0 Å². The molecule has 2 aromatic heterocycles. The normalized spacial score (nSPS) is 11.2. The van der Waals surface area contributed by atoms with E-state index in [1.54, 1.807) is 0 Å². The molecule has 2 heterocycles. The minimum atomic E-state index is 0. The molecule has 0 bridgehead atoms.